The summed E-state index contributed by atoms with van der Waals surface area (Å²) < 4.78 is 0. The second-order valence-corrected chi connectivity index (χ2v) is 2.89. The molecule has 0 saturated carbocycles. The van der Waals surface area contributed by atoms with E-state index in [9.17, 15) is 0 Å². The lowest BCUT2D eigenvalue weighted by atomic mass is 10.2. The molecule has 0 bridgehead atoms. The minimum atomic E-state index is 0.168. The first-order chi connectivity index (χ1) is 5.24. The average molecular weight is 153 g/mol. The van der Waals surface area contributed by atoms with Crippen LogP contribution in [0.1, 0.15) is 13.3 Å². The van der Waals surface area contributed by atoms with Crippen molar-refractivity contribution >= 4 is 5.84 Å². The fourth-order valence-corrected chi connectivity index (χ4v) is 1.07. The van der Waals surface area contributed by atoms with Crippen LogP contribution in [-0.2, 0) is 0 Å². The van der Waals surface area contributed by atoms with E-state index < -0.39 is 0 Å². The van der Waals surface area contributed by atoms with Gasteiger partial charge in [0.05, 0.1) is 12.6 Å². The van der Waals surface area contributed by atoms with Crippen molar-refractivity contribution in [2.45, 2.75) is 25.4 Å². The molecule has 3 nitrogen and oxygen atoms in total. The van der Waals surface area contributed by atoms with Crippen LogP contribution in [0.5, 0.6) is 0 Å². The Morgan fingerprint density at radius 2 is 2.73 bits per heavy atom. The molecule has 0 aromatic heterocycles. The van der Waals surface area contributed by atoms with E-state index in [-0.39, 0.29) is 6.04 Å². The zero-order valence-electron chi connectivity index (χ0n) is 6.88. The maximum atomic E-state index is 5.69. The molecule has 62 valence electrons. The van der Waals surface area contributed by atoms with Gasteiger partial charge in [0.1, 0.15) is 5.84 Å². The normalized spacial score (nSPS) is 25.6. The fraction of sp³-hybridized carbons (Fsp3) is 0.625. The van der Waals surface area contributed by atoms with Crippen LogP contribution in [-0.4, -0.2) is 24.5 Å². The standard InChI is InChI=1S/C8H15N3/c1-3-4-8-10-5-7(11-8)6(2)9/h3,6-7H,1,4-5,9H2,2H3,(H,10,11). The minimum Gasteiger partial charge on any atom is -0.367 e. The molecule has 2 unspecified atom stereocenters. The van der Waals surface area contributed by atoms with Gasteiger partial charge in [-0.3, -0.25) is 4.99 Å². The fourth-order valence-electron chi connectivity index (χ4n) is 1.07. The van der Waals surface area contributed by atoms with E-state index >= 15 is 0 Å². The van der Waals surface area contributed by atoms with Crippen molar-refractivity contribution in [1.82, 2.24) is 5.32 Å². The molecule has 0 radical (unpaired) electrons. The monoisotopic (exact) mass is 153 g/mol. The van der Waals surface area contributed by atoms with Crippen molar-refractivity contribution in [2.24, 2.45) is 10.7 Å². The van der Waals surface area contributed by atoms with Crippen molar-refractivity contribution in [3.8, 4) is 0 Å². The van der Waals surface area contributed by atoms with Gasteiger partial charge in [0.25, 0.3) is 0 Å². The highest BCUT2D eigenvalue weighted by Gasteiger charge is 2.19. The topological polar surface area (TPSA) is 50.4 Å². The molecular formula is C8H15N3. The third-order valence-electron chi connectivity index (χ3n) is 1.80. The number of rotatable bonds is 3. The SMILES string of the molecule is C=CCC1=NCC(C(C)N)N1. The van der Waals surface area contributed by atoms with Crippen molar-refractivity contribution in [3.05, 3.63) is 12.7 Å². The Morgan fingerprint density at radius 1 is 2.00 bits per heavy atom. The van der Waals surface area contributed by atoms with Gasteiger partial charge >= 0.3 is 0 Å². The molecule has 0 spiro atoms. The van der Waals surface area contributed by atoms with E-state index in [0.717, 1.165) is 18.8 Å². The van der Waals surface area contributed by atoms with Crippen LogP contribution in [0.3, 0.4) is 0 Å². The summed E-state index contributed by atoms with van der Waals surface area (Å²) in [6.07, 6.45) is 2.67. The summed E-state index contributed by atoms with van der Waals surface area (Å²) in [5.74, 6) is 1.02. The molecule has 1 aliphatic heterocycles. The van der Waals surface area contributed by atoms with E-state index in [1.54, 1.807) is 0 Å². The summed E-state index contributed by atoms with van der Waals surface area (Å²) in [6, 6.07) is 0.492. The molecule has 1 rings (SSSR count). The molecule has 0 aromatic rings. The zero-order valence-corrected chi connectivity index (χ0v) is 6.88. The highest BCUT2D eigenvalue weighted by molar-refractivity contribution is 5.85. The third-order valence-corrected chi connectivity index (χ3v) is 1.80. The quantitative estimate of drug-likeness (QED) is 0.572. The van der Waals surface area contributed by atoms with Crippen molar-refractivity contribution < 1.29 is 0 Å². The van der Waals surface area contributed by atoms with E-state index in [4.69, 9.17) is 5.73 Å². The van der Waals surface area contributed by atoms with E-state index in [1.165, 1.54) is 0 Å². The molecule has 2 atom stereocenters. The first kappa shape index (κ1) is 8.27. The van der Waals surface area contributed by atoms with Crippen LogP contribution in [0, 0.1) is 0 Å². The Balaban J connectivity index is 2.36. The number of nitrogens with one attached hydrogen (secondary N) is 1. The number of nitrogens with two attached hydrogens (primary N) is 1. The molecule has 1 aliphatic rings. The van der Waals surface area contributed by atoms with Gasteiger partial charge in [0.15, 0.2) is 0 Å². The Kier molecular flexibility index (Phi) is 2.65. The van der Waals surface area contributed by atoms with Crippen molar-refractivity contribution in [1.29, 1.82) is 0 Å². The van der Waals surface area contributed by atoms with Gasteiger partial charge in [-0.25, -0.2) is 0 Å². The lowest BCUT2D eigenvalue weighted by Gasteiger charge is -2.14. The molecule has 1 heterocycles. The molecule has 11 heavy (non-hydrogen) atoms. The van der Waals surface area contributed by atoms with Gasteiger partial charge in [-0.05, 0) is 6.92 Å². The first-order valence-electron chi connectivity index (χ1n) is 3.90. The first-order valence-corrected chi connectivity index (χ1v) is 3.90. The summed E-state index contributed by atoms with van der Waals surface area (Å²) in [7, 11) is 0. The van der Waals surface area contributed by atoms with Crippen molar-refractivity contribution in [3.63, 3.8) is 0 Å². The van der Waals surface area contributed by atoms with Gasteiger partial charge in [-0.15, -0.1) is 6.58 Å². The summed E-state index contributed by atoms with van der Waals surface area (Å²) in [6.45, 7) is 6.44. The lowest BCUT2D eigenvalue weighted by molar-refractivity contribution is 0.548. The average Bonchev–Trinajstić information content (AvgIpc) is 2.37. The highest BCUT2D eigenvalue weighted by atomic mass is 15.1. The van der Waals surface area contributed by atoms with Crippen molar-refractivity contribution in [2.75, 3.05) is 6.54 Å². The Labute approximate surface area is 67.4 Å². The predicted octanol–water partition coefficient (Wildman–Crippen LogP) is 0.280. The largest absolute Gasteiger partial charge is 0.367 e. The Bertz CT molecular complexity index is 172. The Hall–Kier alpha value is -0.830. The second kappa shape index (κ2) is 3.53. The van der Waals surface area contributed by atoms with Gasteiger partial charge in [0, 0.05) is 12.5 Å². The number of hydrogen-bond acceptors (Lipinski definition) is 3. The molecular weight excluding hydrogens is 138 g/mol. The summed E-state index contributed by atoms with van der Waals surface area (Å²) >= 11 is 0. The van der Waals surface area contributed by atoms with Crippen LogP contribution in [0.15, 0.2) is 17.6 Å². The van der Waals surface area contributed by atoms with E-state index in [1.807, 2.05) is 13.0 Å². The molecule has 0 amide bonds. The Morgan fingerprint density at radius 3 is 3.18 bits per heavy atom. The highest BCUT2D eigenvalue weighted by Crippen LogP contribution is 2.01. The van der Waals surface area contributed by atoms with Gasteiger partial charge in [0.2, 0.25) is 0 Å². The number of nitrogens with zero attached hydrogens (tertiary/aromatic N) is 1. The van der Waals surface area contributed by atoms with E-state index in [2.05, 4.69) is 16.9 Å². The summed E-state index contributed by atoms with van der Waals surface area (Å²) in [4.78, 5) is 4.28. The maximum Gasteiger partial charge on any atom is 0.100 e. The van der Waals surface area contributed by atoms with Crippen LogP contribution in [0.4, 0.5) is 0 Å². The molecule has 3 heteroatoms. The summed E-state index contributed by atoms with van der Waals surface area (Å²) in [5, 5.41) is 3.25. The molecule has 0 fully saturated rings. The van der Waals surface area contributed by atoms with Gasteiger partial charge in [-0.1, -0.05) is 6.08 Å². The number of amidine groups is 1. The van der Waals surface area contributed by atoms with Crippen LogP contribution in [0.2, 0.25) is 0 Å². The van der Waals surface area contributed by atoms with Gasteiger partial charge in [-0.2, -0.15) is 0 Å². The smallest absolute Gasteiger partial charge is 0.100 e. The van der Waals surface area contributed by atoms with Crippen LogP contribution >= 0.6 is 0 Å². The van der Waals surface area contributed by atoms with Crippen LogP contribution in [0.25, 0.3) is 0 Å². The minimum absolute atomic E-state index is 0.168. The zero-order chi connectivity index (χ0) is 8.27. The molecule has 3 N–H and O–H groups in total. The second-order valence-electron chi connectivity index (χ2n) is 2.89. The van der Waals surface area contributed by atoms with Gasteiger partial charge < -0.3 is 11.1 Å². The predicted molar refractivity (Wildman–Crippen MR) is 47.7 cm³/mol. The third kappa shape index (κ3) is 2.05. The van der Waals surface area contributed by atoms with E-state index in [0.29, 0.717) is 6.04 Å². The number of aliphatic imine (C=N–C) groups is 1. The maximum absolute atomic E-state index is 5.69. The number of hydrogen-bond donors (Lipinski definition) is 2. The summed E-state index contributed by atoms with van der Waals surface area (Å²) in [5.41, 5.74) is 5.69. The van der Waals surface area contributed by atoms with Crippen LogP contribution < -0.4 is 11.1 Å². The molecule has 0 aliphatic carbocycles. The molecule has 0 saturated heterocycles. The lowest BCUT2D eigenvalue weighted by Crippen LogP contribution is -2.43. The molecule has 0 aromatic carbocycles.